The lowest BCUT2D eigenvalue weighted by Gasteiger charge is -2.28. The molecule has 2 atom stereocenters. The fourth-order valence-corrected chi connectivity index (χ4v) is 3.34. The average Bonchev–Trinajstić information content (AvgIpc) is 2.66. The number of halogens is 1. The third kappa shape index (κ3) is 9.76. The van der Waals surface area contributed by atoms with Gasteiger partial charge in [-0.25, -0.2) is 0 Å². The molecule has 1 heterocycles. The van der Waals surface area contributed by atoms with Crippen LogP contribution in [0.25, 0.3) is 0 Å². The Morgan fingerprint density at radius 1 is 1.30 bits per heavy atom. The summed E-state index contributed by atoms with van der Waals surface area (Å²) in [6.07, 6.45) is 3.69. The van der Waals surface area contributed by atoms with Crippen LogP contribution < -0.4 is 10.6 Å². The quantitative estimate of drug-likeness (QED) is 0.241. The lowest BCUT2D eigenvalue weighted by atomic mass is 9.99. The second kappa shape index (κ2) is 14.2. The van der Waals surface area contributed by atoms with E-state index in [1.807, 2.05) is 6.07 Å². The summed E-state index contributed by atoms with van der Waals surface area (Å²) in [7, 11) is 2.20. The Morgan fingerprint density at radius 2 is 2.07 bits per heavy atom. The zero-order valence-corrected chi connectivity index (χ0v) is 19.4. The van der Waals surface area contributed by atoms with Crippen molar-refractivity contribution in [2.24, 2.45) is 10.9 Å². The minimum atomic E-state index is 0. The average molecular weight is 488 g/mol. The Morgan fingerprint density at radius 3 is 2.78 bits per heavy atom. The van der Waals surface area contributed by atoms with Crippen molar-refractivity contribution in [3.05, 3.63) is 35.9 Å². The molecular weight excluding hydrogens is 451 g/mol. The topological polar surface area (TPSA) is 48.9 Å². The number of aliphatic imine (C=N–C) groups is 1. The van der Waals surface area contributed by atoms with Crippen LogP contribution in [-0.4, -0.2) is 57.2 Å². The minimum absolute atomic E-state index is 0. The predicted octanol–water partition coefficient (Wildman–Crippen LogP) is 3.67. The first kappa shape index (κ1) is 24.2. The molecule has 1 aliphatic rings. The molecule has 0 saturated carbocycles. The summed E-state index contributed by atoms with van der Waals surface area (Å²) in [5, 5.41) is 6.77. The number of hydrogen-bond donors (Lipinski definition) is 2. The minimum Gasteiger partial charge on any atom is -0.374 e. The van der Waals surface area contributed by atoms with Crippen molar-refractivity contribution in [2.45, 2.75) is 39.2 Å². The molecule has 5 nitrogen and oxygen atoms in total. The molecule has 0 radical (unpaired) electrons. The summed E-state index contributed by atoms with van der Waals surface area (Å²) in [6, 6.07) is 10.4. The van der Waals surface area contributed by atoms with Crippen LogP contribution in [-0.2, 0) is 4.74 Å². The first-order chi connectivity index (χ1) is 12.7. The molecule has 1 aliphatic heterocycles. The van der Waals surface area contributed by atoms with Gasteiger partial charge in [0.1, 0.15) is 0 Å². The van der Waals surface area contributed by atoms with E-state index < -0.39 is 0 Å². The smallest absolute Gasteiger partial charge is 0.191 e. The molecule has 0 bridgehead atoms. The highest BCUT2D eigenvalue weighted by molar-refractivity contribution is 14.0. The number of piperidine rings is 1. The lowest BCUT2D eigenvalue weighted by molar-refractivity contribution is 0.0646. The number of benzene rings is 1. The van der Waals surface area contributed by atoms with Gasteiger partial charge in [0.05, 0.1) is 6.10 Å². The molecular formula is C21H37IN4O. The van der Waals surface area contributed by atoms with Crippen LogP contribution in [0.15, 0.2) is 35.3 Å². The van der Waals surface area contributed by atoms with Crippen molar-refractivity contribution in [3.63, 3.8) is 0 Å². The van der Waals surface area contributed by atoms with Gasteiger partial charge in [0.2, 0.25) is 0 Å². The molecule has 2 unspecified atom stereocenters. The molecule has 0 amide bonds. The van der Waals surface area contributed by atoms with Crippen molar-refractivity contribution >= 4 is 29.9 Å². The van der Waals surface area contributed by atoms with E-state index in [2.05, 4.69) is 60.7 Å². The first-order valence-electron chi connectivity index (χ1n) is 10.1. The molecule has 154 valence electrons. The van der Waals surface area contributed by atoms with Gasteiger partial charge in [-0.15, -0.1) is 24.0 Å². The molecule has 1 aromatic carbocycles. The summed E-state index contributed by atoms with van der Waals surface area (Å²) in [4.78, 5) is 7.19. The van der Waals surface area contributed by atoms with Gasteiger partial charge >= 0.3 is 0 Å². The predicted molar refractivity (Wildman–Crippen MR) is 125 cm³/mol. The van der Waals surface area contributed by atoms with Crippen LogP contribution in [0.2, 0.25) is 0 Å². The number of likely N-dealkylation sites (tertiary alicyclic amines) is 1. The highest BCUT2D eigenvalue weighted by atomic mass is 127. The van der Waals surface area contributed by atoms with Gasteiger partial charge in [0.15, 0.2) is 5.96 Å². The van der Waals surface area contributed by atoms with Crippen molar-refractivity contribution in [1.82, 2.24) is 15.5 Å². The number of nitrogens with one attached hydrogen (secondary N) is 2. The second-order valence-electron chi connectivity index (χ2n) is 7.19. The standard InChI is InChI=1S/C21H36N4O.HI/c1-4-22-21(24-16-19-10-8-14-25(3)17-19)23-13-9-15-26-18(2)20-11-6-5-7-12-20;/h5-7,11-12,18-19H,4,8-10,13-17H2,1-3H3,(H2,22,23,24);1H. The molecule has 0 aromatic heterocycles. The van der Waals surface area contributed by atoms with Crippen LogP contribution >= 0.6 is 24.0 Å². The number of rotatable bonds is 9. The van der Waals surface area contributed by atoms with E-state index in [4.69, 9.17) is 9.73 Å². The summed E-state index contributed by atoms with van der Waals surface area (Å²) >= 11 is 0. The van der Waals surface area contributed by atoms with Crippen LogP contribution in [0.5, 0.6) is 0 Å². The van der Waals surface area contributed by atoms with Crippen molar-refractivity contribution in [3.8, 4) is 0 Å². The maximum atomic E-state index is 5.93. The largest absolute Gasteiger partial charge is 0.374 e. The van der Waals surface area contributed by atoms with E-state index in [1.54, 1.807) is 0 Å². The number of hydrogen-bond acceptors (Lipinski definition) is 3. The van der Waals surface area contributed by atoms with Crippen molar-refractivity contribution in [2.75, 3.05) is 46.4 Å². The highest BCUT2D eigenvalue weighted by Crippen LogP contribution is 2.16. The monoisotopic (exact) mass is 488 g/mol. The van der Waals surface area contributed by atoms with E-state index in [9.17, 15) is 0 Å². The fourth-order valence-electron chi connectivity index (χ4n) is 3.34. The molecule has 1 fully saturated rings. The number of nitrogens with zero attached hydrogens (tertiary/aromatic N) is 2. The Bertz CT molecular complexity index is 526. The molecule has 2 rings (SSSR count). The molecule has 1 aromatic rings. The fraction of sp³-hybridized carbons (Fsp3) is 0.667. The summed E-state index contributed by atoms with van der Waals surface area (Å²) in [5.74, 6) is 1.61. The molecule has 2 N–H and O–H groups in total. The summed E-state index contributed by atoms with van der Waals surface area (Å²) < 4.78 is 5.93. The Balaban J connectivity index is 0.00000364. The Hall–Kier alpha value is -0.860. The van der Waals surface area contributed by atoms with E-state index >= 15 is 0 Å². The Labute approximate surface area is 182 Å². The SMILES string of the molecule is CCNC(=NCC1CCCN(C)C1)NCCCOC(C)c1ccccc1.I. The molecule has 0 aliphatic carbocycles. The highest BCUT2D eigenvalue weighted by Gasteiger charge is 2.16. The van der Waals surface area contributed by atoms with Gasteiger partial charge in [-0.05, 0) is 58.2 Å². The third-order valence-electron chi connectivity index (χ3n) is 4.82. The second-order valence-corrected chi connectivity index (χ2v) is 7.19. The van der Waals surface area contributed by atoms with E-state index in [0.717, 1.165) is 45.2 Å². The number of ether oxygens (including phenoxy) is 1. The van der Waals surface area contributed by atoms with Crippen LogP contribution in [0.1, 0.15) is 44.8 Å². The first-order valence-corrected chi connectivity index (χ1v) is 10.1. The summed E-state index contributed by atoms with van der Waals surface area (Å²) in [5.41, 5.74) is 1.23. The Kier molecular flexibility index (Phi) is 12.7. The van der Waals surface area contributed by atoms with Crippen LogP contribution in [0.3, 0.4) is 0 Å². The van der Waals surface area contributed by atoms with Gasteiger partial charge in [0, 0.05) is 32.8 Å². The lowest BCUT2D eigenvalue weighted by Crippen LogP contribution is -2.39. The molecule has 27 heavy (non-hydrogen) atoms. The van der Waals surface area contributed by atoms with Gasteiger partial charge in [-0.3, -0.25) is 4.99 Å². The summed E-state index contributed by atoms with van der Waals surface area (Å²) in [6.45, 7) is 10.0. The molecule has 0 spiro atoms. The third-order valence-corrected chi connectivity index (χ3v) is 4.82. The zero-order chi connectivity index (χ0) is 18.6. The van der Waals surface area contributed by atoms with E-state index in [0.29, 0.717) is 5.92 Å². The van der Waals surface area contributed by atoms with Crippen molar-refractivity contribution in [1.29, 1.82) is 0 Å². The molecule has 1 saturated heterocycles. The molecule has 6 heteroatoms. The maximum absolute atomic E-state index is 5.93. The zero-order valence-electron chi connectivity index (χ0n) is 17.1. The van der Waals surface area contributed by atoms with Crippen molar-refractivity contribution < 1.29 is 4.74 Å². The van der Waals surface area contributed by atoms with Gasteiger partial charge in [0.25, 0.3) is 0 Å². The van der Waals surface area contributed by atoms with Gasteiger partial charge in [-0.2, -0.15) is 0 Å². The normalized spacial score (nSPS) is 19.2. The van der Waals surface area contributed by atoms with Gasteiger partial charge < -0.3 is 20.3 Å². The number of guanidine groups is 1. The van der Waals surface area contributed by atoms with E-state index in [-0.39, 0.29) is 30.1 Å². The van der Waals surface area contributed by atoms with E-state index in [1.165, 1.54) is 24.9 Å². The van der Waals surface area contributed by atoms with Crippen LogP contribution in [0, 0.1) is 5.92 Å². The maximum Gasteiger partial charge on any atom is 0.191 e. The van der Waals surface area contributed by atoms with Crippen LogP contribution in [0.4, 0.5) is 0 Å². The van der Waals surface area contributed by atoms with Gasteiger partial charge in [-0.1, -0.05) is 30.3 Å².